The fraction of sp³-hybridized carbons (Fsp3) is 0.0588. The number of anilines is 1. The van der Waals surface area contributed by atoms with Gasteiger partial charge in [0.15, 0.2) is 0 Å². The van der Waals surface area contributed by atoms with Crippen LogP contribution in [0.4, 0.5) is 5.69 Å². The van der Waals surface area contributed by atoms with Crippen LogP contribution in [0.15, 0.2) is 65.4 Å². The van der Waals surface area contributed by atoms with Crippen LogP contribution in [-0.2, 0) is 0 Å². The lowest BCUT2D eigenvalue weighted by Gasteiger charge is -2.08. The van der Waals surface area contributed by atoms with Gasteiger partial charge >= 0.3 is 0 Å². The van der Waals surface area contributed by atoms with E-state index < -0.39 is 0 Å². The summed E-state index contributed by atoms with van der Waals surface area (Å²) in [6.07, 6.45) is 3.58. The zero-order chi connectivity index (χ0) is 15.5. The Labute approximate surface area is 136 Å². The van der Waals surface area contributed by atoms with Crippen LogP contribution < -0.4 is 5.32 Å². The van der Waals surface area contributed by atoms with E-state index in [1.54, 1.807) is 23.0 Å². The number of hydrogen-bond donors (Lipinski definition) is 1. The van der Waals surface area contributed by atoms with Gasteiger partial charge in [-0.3, -0.25) is 4.79 Å². The predicted molar refractivity (Wildman–Crippen MR) is 90.4 cm³/mol. The van der Waals surface area contributed by atoms with Crippen molar-refractivity contribution in [2.75, 3.05) is 5.32 Å². The maximum absolute atomic E-state index is 12.3. The van der Waals surface area contributed by atoms with Crippen molar-refractivity contribution in [3.05, 3.63) is 76.5 Å². The van der Waals surface area contributed by atoms with E-state index in [0.29, 0.717) is 5.56 Å². The van der Waals surface area contributed by atoms with Gasteiger partial charge in [0.25, 0.3) is 5.91 Å². The van der Waals surface area contributed by atoms with Gasteiger partial charge in [0.05, 0.1) is 16.4 Å². The molecule has 1 amide bonds. The van der Waals surface area contributed by atoms with E-state index in [1.165, 1.54) is 0 Å². The Hall–Kier alpha value is -2.40. The molecular formula is C17H14BrN3O. The molecule has 1 heterocycles. The van der Waals surface area contributed by atoms with Crippen molar-refractivity contribution < 1.29 is 4.79 Å². The molecule has 22 heavy (non-hydrogen) atoms. The molecule has 3 aromatic rings. The summed E-state index contributed by atoms with van der Waals surface area (Å²) in [6.45, 7) is 1.97. The topological polar surface area (TPSA) is 46.9 Å². The molecule has 0 aliphatic carbocycles. The highest BCUT2D eigenvalue weighted by atomic mass is 79.9. The summed E-state index contributed by atoms with van der Waals surface area (Å²) in [5.74, 6) is -0.123. The Morgan fingerprint density at radius 2 is 1.86 bits per heavy atom. The number of hydrogen-bond acceptors (Lipinski definition) is 2. The second-order valence-electron chi connectivity index (χ2n) is 4.92. The van der Waals surface area contributed by atoms with Crippen LogP contribution >= 0.6 is 15.9 Å². The molecule has 4 nitrogen and oxygen atoms in total. The van der Waals surface area contributed by atoms with E-state index in [2.05, 4.69) is 26.3 Å². The minimum absolute atomic E-state index is 0.123. The molecule has 0 saturated carbocycles. The number of nitrogens with one attached hydrogen (secondary N) is 1. The van der Waals surface area contributed by atoms with E-state index in [1.807, 2.05) is 49.5 Å². The van der Waals surface area contributed by atoms with E-state index in [0.717, 1.165) is 21.4 Å². The Balaban J connectivity index is 1.78. The second-order valence-corrected chi connectivity index (χ2v) is 5.83. The molecule has 0 aliphatic heterocycles. The van der Waals surface area contributed by atoms with Crippen molar-refractivity contribution in [3.63, 3.8) is 0 Å². The molecular weight excluding hydrogens is 342 g/mol. The summed E-state index contributed by atoms with van der Waals surface area (Å²) < 4.78 is 2.65. The number of aryl methyl sites for hydroxylation is 1. The molecule has 110 valence electrons. The summed E-state index contributed by atoms with van der Waals surface area (Å²) >= 11 is 3.36. The highest BCUT2D eigenvalue weighted by Gasteiger charge is 2.08. The lowest BCUT2D eigenvalue weighted by Crippen LogP contribution is -2.12. The molecule has 0 fully saturated rings. The van der Waals surface area contributed by atoms with Crippen LogP contribution in [0.3, 0.4) is 0 Å². The molecule has 0 spiro atoms. The van der Waals surface area contributed by atoms with Gasteiger partial charge in [0, 0.05) is 17.4 Å². The summed E-state index contributed by atoms with van der Waals surface area (Å²) in [5, 5.41) is 7.13. The Kier molecular flexibility index (Phi) is 4.06. The predicted octanol–water partition coefficient (Wildman–Crippen LogP) is 4.20. The van der Waals surface area contributed by atoms with Crippen LogP contribution in [0.2, 0.25) is 0 Å². The van der Waals surface area contributed by atoms with Gasteiger partial charge in [0.2, 0.25) is 0 Å². The number of para-hydroxylation sites is 1. The first kappa shape index (κ1) is 14.5. The molecule has 1 aromatic heterocycles. The van der Waals surface area contributed by atoms with Crippen LogP contribution in [0.1, 0.15) is 15.9 Å². The summed E-state index contributed by atoms with van der Waals surface area (Å²) in [4.78, 5) is 12.3. The average molecular weight is 356 g/mol. The number of amides is 1. The molecule has 2 aromatic carbocycles. The van der Waals surface area contributed by atoms with Crippen molar-refractivity contribution in [2.45, 2.75) is 6.92 Å². The summed E-state index contributed by atoms with van der Waals surface area (Å²) in [6, 6.07) is 15.0. The number of carbonyl (C=O) groups excluding carboxylic acids is 1. The minimum Gasteiger partial charge on any atom is -0.322 e. The third-order valence-electron chi connectivity index (χ3n) is 3.34. The van der Waals surface area contributed by atoms with Gasteiger partial charge in [0.1, 0.15) is 0 Å². The fourth-order valence-electron chi connectivity index (χ4n) is 2.12. The fourth-order valence-corrected chi connectivity index (χ4v) is 2.40. The number of carbonyl (C=O) groups is 1. The third-order valence-corrected chi connectivity index (χ3v) is 3.75. The number of benzene rings is 2. The third kappa shape index (κ3) is 3.09. The first-order valence-electron chi connectivity index (χ1n) is 6.81. The molecule has 0 atom stereocenters. The first-order valence-corrected chi connectivity index (χ1v) is 7.60. The number of rotatable bonds is 3. The Bertz CT molecular complexity index is 809. The number of aromatic nitrogens is 2. The zero-order valence-electron chi connectivity index (χ0n) is 12.0. The average Bonchev–Trinajstić information content (AvgIpc) is 2.96. The van der Waals surface area contributed by atoms with Crippen LogP contribution in [0.25, 0.3) is 5.69 Å². The molecule has 1 N–H and O–H groups in total. The highest BCUT2D eigenvalue weighted by Crippen LogP contribution is 2.16. The van der Waals surface area contributed by atoms with Gasteiger partial charge in [-0.15, -0.1) is 0 Å². The van der Waals surface area contributed by atoms with Gasteiger partial charge in [-0.25, -0.2) is 4.68 Å². The van der Waals surface area contributed by atoms with E-state index >= 15 is 0 Å². The van der Waals surface area contributed by atoms with Gasteiger partial charge in [-0.05, 0) is 58.7 Å². The molecule has 0 aliphatic rings. The van der Waals surface area contributed by atoms with Crippen molar-refractivity contribution >= 4 is 27.5 Å². The minimum atomic E-state index is -0.123. The lowest BCUT2D eigenvalue weighted by molar-refractivity contribution is 0.102. The number of nitrogens with zero attached hydrogens (tertiary/aromatic N) is 2. The zero-order valence-corrected chi connectivity index (χ0v) is 13.5. The Morgan fingerprint density at radius 1 is 1.14 bits per heavy atom. The standard InChI is InChI=1S/C17H14BrN3O/c1-12-4-2-3-5-16(12)20-17(22)13-6-8-15(9-7-13)21-11-14(18)10-19-21/h2-11H,1H3,(H,20,22). The smallest absolute Gasteiger partial charge is 0.255 e. The van der Waals surface area contributed by atoms with Crippen molar-refractivity contribution in [2.24, 2.45) is 0 Å². The van der Waals surface area contributed by atoms with Crippen LogP contribution in [-0.4, -0.2) is 15.7 Å². The van der Waals surface area contributed by atoms with Crippen molar-refractivity contribution in [1.29, 1.82) is 0 Å². The first-order chi connectivity index (χ1) is 10.6. The largest absolute Gasteiger partial charge is 0.322 e. The van der Waals surface area contributed by atoms with E-state index in [4.69, 9.17) is 0 Å². The maximum Gasteiger partial charge on any atom is 0.255 e. The normalized spacial score (nSPS) is 10.5. The Morgan fingerprint density at radius 3 is 2.50 bits per heavy atom. The second kappa shape index (κ2) is 6.15. The molecule has 0 saturated heterocycles. The molecule has 0 bridgehead atoms. The van der Waals surface area contributed by atoms with Gasteiger partial charge in [-0.1, -0.05) is 18.2 Å². The summed E-state index contributed by atoms with van der Waals surface area (Å²) in [7, 11) is 0. The van der Waals surface area contributed by atoms with Crippen LogP contribution in [0.5, 0.6) is 0 Å². The molecule has 0 unspecified atom stereocenters. The van der Waals surface area contributed by atoms with Crippen molar-refractivity contribution in [3.8, 4) is 5.69 Å². The van der Waals surface area contributed by atoms with Crippen LogP contribution in [0, 0.1) is 6.92 Å². The highest BCUT2D eigenvalue weighted by molar-refractivity contribution is 9.10. The molecule has 3 rings (SSSR count). The number of halogens is 1. The monoisotopic (exact) mass is 355 g/mol. The van der Waals surface area contributed by atoms with E-state index in [-0.39, 0.29) is 5.91 Å². The summed E-state index contributed by atoms with van der Waals surface area (Å²) in [5.41, 5.74) is 3.37. The lowest BCUT2D eigenvalue weighted by atomic mass is 10.1. The molecule has 0 radical (unpaired) electrons. The van der Waals surface area contributed by atoms with E-state index in [9.17, 15) is 4.79 Å². The van der Waals surface area contributed by atoms with Gasteiger partial charge in [-0.2, -0.15) is 5.10 Å². The van der Waals surface area contributed by atoms with Gasteiger partial charge < -0.3 is 5.32 Å². The van der Waals surface area contributed by atoms with Crippen molar-refractivity contribution in [1.82, 2.24) is 9.78 Å². The molecule has 5 heteroatoms. The quantitative estimate of drug-likeness (QED) is 0.765. The maximum atomic E-state index is 12.3. The SMILES string of the molecule is Cc1ccccc1NC(=O)c1ccc(-n2cc(Br)cn2)cc1.